The maximum Gasteiger partial charge on any atom is 0.326 e. The Bertz CT molecular complexity index is 1980. The topological polar surface area (TPSA) is 225 Å². The van der Waals surface area contributed by atoms with E-state index in [0.29, 0.717) is 16.7 Å². The maximum absolute atomic E-state index is 13.1. The number of amides is 2. The number of carboxylic acid groups (broad SMARTS) is 2. The van der Waals surface area contributed by atoms with Gasteiger partial charge in [-0.25, -0.2) is 14.5 Å². The van der Waals surface area contributed by atoms with Gasteiger partial charge in [0.05, 0.1) is 23.5 Å². The molecule has 3 atom stereocenters. The van der Waals surface area contributed by atoms with Crippen molar-refractivity contribution in [2.75, 3.05) is 11.4 Å². The molecule has 2 heterocycles. The number of carbonyl (C=O) groups excluding carboxylic acids is 2. The number of nitrogens with zero attached hydrogens (tertiary/aromatic N) is 6. The molecule has 0 aliphatic heterocycles. The van der Waals surface area contributed by atoms with E-state index < -0.39 is 35.8 Å². The average Bonchev–Trinajstić information content (AvgIpc) is 3.66. The monoisotopic (exact) mass is 655 g/mol. The van der Waals surface area contributed by atoms with Crippen LogP contribution in [0.4, 0.5) is 5.69 Å². The predicted octanol–water partition coefficient (Wildman–Crippen LogP) is 0.750. The molecule has 0 radical (unpaired) electrons. The smallest absolute Gasteiger partial charge is 0.326 e. The van der Waals surface area contributed by atoms with E-state index >= 15 is 0 Å². The molecule has 16 heteroatoms. The van der Waals surface area contributed by atoms with Crippen molar-refractivity contribution in [3.05, 3.63) is 75.1 Å². The minimum Gasteiger partial charge on any atom is -0.480 e. The van der Waals surface area contributed by atoms with Crippen molar-refractivity contribution in [1.82, 2.24) is 40.8 Å². The molecular formula is C32H33N9O7. The summed E-state index contributed by atoms with van der Waals surface area (Å²) >= 11 is 0. The third-order valence-corrected chi connectivity index (χ3v) is 8.14. The van der Waals surface area contributed by atoms with Crippen LogP contribution in [0.1, 0.15) is 58.9 Å². The highest BCUT2D eigenvalue weighted by Gasteiger charge is 2.30. The lowest BCUT2D eigenvalue weighted by atomic mass is 10.0. The number of aliphatic carboxylic acids is 2. The number of H-pyrrole nitrogens is 1. The predicted molar refractivity (Wildman–Crippen MR) is 171 cm³/mol. The Morgan fingerprint density at radius 2 is 1.90 bits per heavy atom. The number of carboxylic acids is 2. The standard InChI is InChI=1S/C32H33N9O7/c1-4-13-40(26-11-7-20-14-25-23(15-22(20)26)30(44)35-18(3)34-25)21-8-5-19(6-9-21)29(43)36-24(32(47)48)10-12-27-37-38-39-41(27)16-28(42)33-17(2)31(45)46/h1,5-6,8-9,14-15,17,24,26H,7,10-13,16H2,2-3H3,(H,33,42)(H,36,43)(H,45,46)(H,47,48)(H,34,35,44)/t17-,24+,26+/m1/s1. The molecule has 2 amide bonds. The Kier molecular flexibility index (Phi) is 9.78. The van der Waals surface area contributed by atoms with E-state index in [4.69, 9.17) is 11.5 Å². The van der Waals surface area contributed by atoms with Gasteiger partial charge < -0.3 is 30.7 Å². The molecule has 0 saturated carbocycles. The van der Waals surface area contributed by atoms with Gasteiger partial charge in [0.25, 0.3) is 11.5 Å². The first-order chi connectivity index (χ1) is 22.9. The van der Waals surface area contributed by atoms with Crippen LogP contribution in [0, 0.1) is 19.3 Å². The molecule has 2 aromatic carbocycles. The summed E-state index contributed by atoms with van der Waals surface area (Å²) in [5.74, 6) is -0.307. The molecular weight excluding hydrogens is 622 g/mol. The van der Waals surface area contributed by atoms with Gasteiger partial charge in [0, 0.05) is 17.7 Å². The number of benzene rings is 2. The van der Waals surface area contributed by atoms with Crippen molar-refractivity contribution in [2.24, 2.45) is 0 Å². The number of hydrogen-bond donors (Lipinski definition) is 5. The van der Waals surface area contributed by atoms with Crippen LogP contribution in [0.25, 0.3) is 10.9 Å². The van der Waals surface area contributed by atoms with Crippen LogP contribution in [0.3, 0.4) is 0 Å². The number of carbonyl (C=O) groups is 4. The Balaban J connectivity index is 1.25. The average molecular weight is 656 g/mol. The molecule has 1 aliphatic rings. The fourth-order valence-corrected chi connectivity index (χ4v) is 5.73. The van der Waals surface area contributed by atoms with Crippen LogP contribution < -0.4 is 21.1 Å². The lowest BCUT2D eigenvalue weighted by molar-refractivity contribution is -0.141. The van der Waals surface area contributed by atoms with Crippen molar-refractivity contribution in [3.63, 3.8) is 0 Å². The van der Waals surface area contributed by atoms with Crippen LogP contribution in [0.2, 0.25) is 0 Å². The van der Waals surface area contributed by atoms with Crippen LogP contribution in [-0.2, 0) is 33.8 Å². The molecule has 48 heavy (non-hydrogen) atoms. The maximum atomic E-state index is 13.1. The van der Waals surface area contributed by atoms with E-state index in [0.717, 1.165) is 34.3 Å². The summed E-state index contributed by atoms with van der Waals surface area (Å²) in [5.41, 5.74) is 3.49. The van der Waals surface area contributed by atoms with E-state index in [-0.39, 0.29) is 48.9 Å². The highest BCUT2D eigenvalue weighted by Crippen LogP contribution is 2.39. The quantitative estimate of drug-likeness (QED) is 0.126. The minimum atomic E-state index is -1.30. The second-order valence-corrected chi connectivity index (χ2v) is 11.4. The van der Waals surface area contributed by atoms with Crippen LogP contribution in [-0.4, -0.2) is 82.8 Å². The fourth-order valence-electron chi connectivity index (χ4n) is 5.73. The summed E-state index contributed by atoms with van der Waals surface area (Å²) in [6, 6.07) is 7.94. The first-order valence-electron chi connectivity index (χ1n) is 15.1. The van der Waals surface area contributed by atoms with Gasteiger partial charge in [0.15, 0.2) is 5.82 Å². The molecule has 0 spiro atoms. The molecule has 1 aliphatic carbocycles. The number of hydrogen-bond acceptors (Lipinski definition) is 10. The lowest BCUT2D eigenvalue weighted by Crippen LogP contribution is -2.41. The summed E-state index contributed by atoms with van der Waals surface area (Å²) in [6.07, 6.45) is 7.21. The third kappa shape index (κ3) is 7.30. The van der Waals surface area contributed by atoms with Crippen molar-refractivity contribution < 1.29 is 29.4 Å². The Labute approximate surface area is 273 Å². The summed E-state index contributed by atoms with van der Waals surface area (Å²) in [4.78, 5) is 70.1. The van der Waals surface area contributed by atoms with E-state index in [1.807, 2.05) is 17.0 Å². The van der Waals surface area contributed by atoms with Gasteiger partial charge in [-0.3, -0.25) is 19.2 Å². The van der Waals surface area contributed by atoms with Gasteiger partial charge in [-0.15, -0.1) is 11.5 Å². The van der Waals surface area contributed by atoms with Gasteiger partial charge in [-0.05, 0) is 91.1 Å². The van der Waals surface area contributed by atoms with Crippen molar-refractivity contribution in [1.29, 1.82) is 0 Å². The number of aryl methyl sites for hydroxylation is 3. The van der Waals surface area contributed by atoms with E-state index in [1.54, 1.807) is 31.2 Å². The third-order valence-electron chi connectivity index (χ3n) is 8.14. The fraction of sp³-hybridized carbons (Fsp3) is 0.344. The summed E-state index contributed by atoms with van der Waals surface area (Å²) in [6.45, 7) is 2.95. The number of anilines is 1. The van der Waals surface area contributed by atoms with E-state index in [1.165, 1.54) is 6.92 Å². The zero-order valence-electron chi connectivity index (χ0n) is 26.1. The van der Waals surface area contributed by atoms with Crippen LogP contribution >= 0.6 is 0 Å². The number of aromatic nitrogens is 6. The van der Waals surface area contributed by atoms with Crippen LogP contribution in [0.5, 0.6) is 0 Å². The minimum absolute atomic E-state index is 0.00564. The Morgan fingerprint density at radius 3 is 2.58 bits per heavy atom. The molecule has 0 bridgehead atoms. The highest BCUT2D eigenvalue weighted by molar-refractivity contribution is 5.97. The second kappa shape index (κ2) is 14.1. The molecule has 0 saturated heterocycles. The second-order valence-electron chi connectivity index (χ2n) is 11.4. The number of nitrogens with one attached hydrogen (secondary N) is 3. The van der Waals surface area contributed by atoms with E-state index in [9.17, 15) is 29.1 Å². The molecule has 0 unspecified atom stereocenters. The first-order valence-corrected chi connectivity index (χ1v) is 15.1. The molecule has 0 fully saturated rings. The number of tetrazole rings is 1. The van der Waals surface area contributed by atoms with Crippen LogP contribution in [0.15, 0.2) is 41.2 Å². The molecule has 16 nitrogen and oxygen atoms in total. The van der Waals surface area contributed by atoms with Gasteiger partial charge in [-0.2, -0.15) is 0 Å². The molecule has 5 N–H and O–H groups in total. The molecule has 4 aromatic rings. The molecule has 248 valence electrons. The number of terminal acetylenes is 1. The summed E-state index contributed by atoms with van der Waals surface area (Å²) < 4.78 is 1.13. The van der Waals surface area contributed by atoms with Gasteiger partial charge >= 0.3 is 11.9 Å². The number of rotatable bonds is 13. The zero-order valence-corrected chi connectivity index (χ0v) is 26.1. The number of fused-ring (bicyclic) bond motifs is 2. The van der Waals surface area contributed by atoms with Crippen molar-refractivity contribution >= 4 is 40.3 Å². The van der Waals surface area contributed by atoms with Gasteiger partial charge in [-0.1, -0.05) is 5.92 Å². The van der Waals surface area contributed by atoms with Crippen molar-refractivity contribution in [3.8, 4) is 12.3 Å². The Hall–Kier alpha value is -6.11. The van der Waals surface area contributed by atoms with Gasteiger partial charge in [0.2, 0.25) is 5.91 Å². The summed E-state index contributed by atoms with van der Waals surface area (Å²) in [7, 11) is 0. The van der Waals surface area contributed by atoms with Crippen molar-refractivity contribution in [2.45, 2.75) is 64.2 Å². The highest BCUT2D eigenvalue weighted by atomic mass is 16.4. The molecule has 2 aromatic heterocycles. The molecule has 5 rings (SSSR count). The summed E-state index contributed by atoms with van der Waals surface area (Å²) in [5, 5.41) is 35.1. The lowest BCUT2D eigenvalue weighted by Gasteiger charge is -2.30. The largest absolute Gasteiger partial charge is 0.480 e. The Morgan fingerprint density at radius 1 is 1.15 bits per heavy atom. The van der Waals surface area contributed by atoms with E-state index in [2.05, 4.69) is 42.0 Å². The van der Waals surface area contributed by atoms with Gasteiger partial charge in [0.1, 0.15) is 24.5 Å². The number of aromatic amines is 1. The normalized spacial score (nSPS) is 14.8. The first kappa shape index (κ1) is 33.3. The zero-order chi connectivity index (χ0) is 34.5. The SMILES string of the molecule is C#CCN(c1ccc(C(=O)N[C@@H](CCc2nnnn2CC(=O)N[C@H](C)C(=O)O)C(=O)O)cc1)[C@H]1CCc2cc3nc(C)[nH]c(=O)c3cc21.